The fraction of sp³-hybridized carbons (Fsp3) is 0.938. The van der Waals surface area contributed by atoms with Gasteiger partial charge in [-0.05, 0) is 25.2 Å². The molecular weight excluding hydrogens is 320 g/mol. The van der Waals surface area contributed by atoms with E-state index in [4.69, 9.17) is 9.47 Å². The van der Waals surface area contributed by atoms with Gasteiger partial charge in [-0.15, -0.1) is 0 Å². The fourth-order valence-electron chi connectivity index (χ4n) is 4.57. The summed E-state index contributed by atoms with van der Waals surface area (Å²) in [6.45, 7) is 0.880. The van der Waals surface area contributed by atoms with E-state index in [2.05, 4.69) is 0 Å². The van der Waals surface area contributed by atoms with Gasteiger partial charge in [-0.3, -0.25) is 4.79 Å². The van der Waals surface area contributed by atoms with Crippen molar-refractivity contribution in [2.45, 2.75) is 56.9 Å². The molecular formula is C16H26O8. The topological polar surface area (TPSA) is 137 Å². The highest BCUT2D eigenvalue weighted by Crippen LogP contribution is 2.60. The molecule has 24 heavy (non-hydrogen) atoms. The molecule has 0 aromatic rings. The molecule has 1 saturated heterocycles. The summed E-state index contributed by atoms with van der Waals surface area (Å²) >= 11 is 0. The number of aliphatic hydroxyl groups excluding tert-OH is 5. The van der Waals surface area contributed by atoms with E-state index in [0.717, 1.165) is 12.8 Å². The number of hydrogen-bond donors (Lipinski definition) is 5. The summed E-state index contributed by atoms with van der Waals surface area (Å²) < 4.78 is 10.9. The Balaban J connectivity index is 1.71. The Morgan fingerprint density at radius 2 is 1.92 bits per heavy atom. The highest BCUT2D eigenvalue weighted by molar-refractivity contribution is 5.94. The fourth-order valence-corrected chi connectivity index (χ4v) is 4.57. The second kappa shape index (κ2) is 6.28. The maximum absolute atomic E-state index is 12.8. The van der Waals surface area contributed by atoms with Crippen LogP contribution in [0.2, 0.25) is 0 Å². The Bertz CT molecular complexity index is 496. The van der Waals surface area contributed by atoms with E-state index in [0.29, 0.717) is 6.42 Å². The van der Waals surface area contributed by atoms with Crippen molar-refractivity contribution in [1.82, 2.24) is 0 Å². The van der Waals surface area contributed by atoms with Gasteiger partial charge in [0.25, 0.3) is 0 Å². The molecule has 3 rings (SSSR count). The van der Waals surface area contributed by atoms with E-state index in [1.165, 1.54) is 0 Å². The van der Waals surface area contributed by atoms with Crippen molar-refractivity contribution in [3.63, 3.8) is 0 Å². The van der Waals surface area contributed by atoms with Crippen molar-refractivity contribution in [2.24, 2.45) is 16.7 Å². The van der Waals surface area contributed by atoms with Gasteiger partial charge >= 0.3 is 0 Å². The van der Waals surface area contributed by atoms with Gasteiger partial charge in [-0.1, -0.05) is 6.92 Å². The van der Waals surface area contributed by atoms with Gasteiger partial charge in [0, 0.05) is 5.41 Å². The first-order chi connectivity index (χ1) is 11.3. The van der Waals surface area contributed by atoms with Crippen molar-refractivity contribution in [3.05, 3.63) is 0 Å². The second-order valence-electron chi connectivity index (χ2n) is 7.65. The lowest BCUT2D eigenvalue weighted by molar-refractivity contribution is -0.306. The molecule has 8 nitrogen and oxygen atoms in total. The van der Waals surface area contributed by atoms with Crippen LogP contribution in [-0.4, -0.2) is 81.8 Å². The van der Waals surface area contributed by atoms with Gasteiger partial charge in [0.05, 0.1) is 25.2 Å². The molecule has 2 aliphatic carbocycles. The van der Waals surface area contributed by atoms with E-state index in [-0.39, 0.29) is 24.9 Å². The van der Waals surface area contributed by atoms with Crippen LogP contribution in [0.3, 0.4) is 0 Å². The number of rotatable bonds is 5. The summed E-state index contributed by atoms with van der Waals surface area (Å²) in [7, 11) is 0. The van der Waals surface area contributed by atoms with E-state index in [1.54, 1.807) is 0 Å². The molecule has 8 atom stereocenters. The molecule has 3 aliphatic rings. The number of ether oxygens (including phenoxy) is 2. The number of carbonyl (C=O) groups excluding carboxylic acids is 1. The molecule has 2 bridgehead atoms. The molecule has 0 unspecified atom stereocenters. The van der Waals surface area contributed by atoms with Gasteiger partial charge in [0.1, 0.15) is 30.2 Å². The molecule has 1 heterocycles. The lowest BCUT2D eigenvalue weighted by Gasteiger charge is -2.42. The molecule has 8 heteroatoms. The molecule has 138 valence electrons. The summed E-state index contributed by atoms with van der Waals surface area (Å²) in [6.07, 6.45) is -4.50. The zero-order valence-electron chi connectivity index (χ0n) is 13.7. The first kappa shape index (κ1) is 18.2. The predicted octanol–water partition coefficient (Wildman–Crippen LogP) is -1.83. The monoisotopic (exact) mass is 346 g/mol. The molecule has 5 N–H and O–H groups in total. The van der Waals surface area contributed by atoms with Crippen molar-refractivity contribution in [1.29, 1.82) is 0 Å². The van der Waals surface area contributed by atoms with Crippen LogP contribution >= 0.6 is 0 Å². The minimum absolute atomic E-state index is 0.0184. The Kier molecular flexibility index (Phi) is 4.76. The van der Waals surface area contributed by atoms with E-state index in [1.807, 2.05) is 6.92 Å². The highest BCUT2D eigenvalue weighted by Gasteiger charge is 2.63. The van der Waals surface area contributed by atoms with Gasteiger partial charge in [0.2, 0.25) is 0 Å². The Labute approximate surface area is 140 Å². The first-order valence-electron chi connectivity index (χ1n) is 8.37. The number of fused-ring (bicyclic) bond motifs is 2. The number of aliphatic hydroxyl groups is 5. The van der Waals surface area contributed by atoms with Crippen LogP contribution in [-0.2, 0) is 14.3 Å². The second-order valence-corrected chi connectivity index (χ2v) is 7.65. The average molecular weight is 346 g/mol. The van der Waals surface area contributed by atoms with Crippen LogP contribution in [0.5, 0.6) is 0 Å². The van der Waals surface area contributed by atoms with Crippen LogP contribution < -0.4 is 0 Å². The maximum atomic E-state index is 12.8. The van der Waals surface area contributed by atoms with Crippen LogP contribution in [0.4, 0.5) is 0 Å². The summed E-state index contributed by atoms with van der Waals surface area (Å²) in [5.74, 6) is -0.0109. The van der Waals surface area contributed by atoms with Crippen LogP contribution in [0, 0.1) is 16.7 Å². The van der Waals surface area contributed by atoms with Gasteiger partial charge in [-0.2, -0.15) is 0 Å². The van der Waals surface area contributed by atoms with Gasteiger partial charge < -0.3 is 35.0 Å². The summed E-state index contributed by atoms with van der Waals surface area (Å²) in [5, 5.41) is 48.6. The van der Waals surface area contributed by atoms with Crippen LogP contribution in [0.25, 0.3) is 0 Å². The Morgan fingerprint density at radius 3 is 2.46 bits per heavy atom. The standard InChI is InChI=1S/C16H26O8/c1-15-3-2-8(4-15)16(6-18,14(15)22)7-23-13-12(21)11(20)10(19)9(5-17)24-13/h8-13,17-21H,2-7H2,1H3/t8-,9-,10-,11+,12-,13-,15+,16+/m1/s1. The molecule has 2 saturated carbocycles. The van der Waals surface area contributed by atoms with Crippen molar-refractivity contribution >= 4 is 5.78 Å². The molecule has 0 aromatic carbocycles. The smallest absolute Gasteiger partial charge is 0.186 e. The summed E-state index contributed by atoms with van der Waals surface area (Å²) in [5.41, 5.74) is -1.46. The van der Waals surface area contributed by atoms with Gasteiger partial charge in [0.15, 0.2) is 6.29 Å². The molecule has 0 aromatic heterocycles. The van der Waals surface area contributed by atoms with E-state index < -0.39 is 48.1 Å². The SMILES string of the molecule is C[C@]12CC[C@H](C1)[C@](CO)(CO[C@@H]1O[C@H](CO)[C@@H](O)[C@H](O)[C@H]1O)C2=O. The van der Waals surface area contributed by atoms with E-state index in [9.17, 15) is 30.3 Å². The normalized spacial score (nSPS) is 51.3. The summed E-state index contributed by atoms with van der Waals surface area (Å²) in [4.78, 5) is 12.8. The van der Waals surface area contributed by atoms with Crippen molar-refractivity contribution in [2.75, 3.05) is 19.8 Å². The highest BCUT2D eigenvalue weighted by atomic mass is 16.7. The third kappa shape index (κ3) is 2.52. The minimum Gasteiger partial charge on any atom is -0.395 e. The van der Waals surface area contributed by atoms with Crippen molar-refractivity contribution < 1.29 is 39.8 Å². The van der Waals surface area contributed by atoms with Crippen LogP contribution in [0.1, 0.15) is 26.2 Å². The third-order valence-corrected chi connectivity index (χ3v) is 6.16. The zero-order chi connectivity index (χ0) is 17.7. The quantitative estimate of drug-likeness (QED) is 0.392. The first-order valence-corrected chi connectivity index (χ1v) is 8.37. The lowest BCUT2D eigenvalue weighted by atomic mass is 9.70. The van der Waals surface area contributed by atoms with E-state index >= 15 is 0 Å². The van der Waals surface area contributed by atoms with Gasteiger partial charge in [-0.25, -0.2) is 0 Å². The molecule has 3 fully saturated rings. The third-order valence-electron chi connectivity index (χ3n) is 6.16. The Hall–Kier alpha value is -0.610. The number of ketones is 1. The van der Waals surface area contributed by atoms with Crippen molar-refractivity contribution in [3.8, 4) is 0 Å². The molecule has 1 aliphatic heterocycles. The Morgan fingerprint density at radius 1 is 1.21 bits per heavy atom. The maximum Gasteiger partial charge on any atom is 0.186 e. The minimum atomic E-state index is -1.53. The molecule has 0 spiro atoms. The number of Topliss-reactive ketones (excluding diaryl/α,β-unsaturated/α-hetero) is 1. The lowest BCUT2D eigenvalue weighted by Crippen LogP contribution is -2.60. The van der Waals surface area contributed by atoms with Crippen LogP contribution in [0.15, 0.2) is 0 Å². The zero-order valence-corrected chi connectivity index (χ0v) is 13.7. The largest absolute Gasteiger partial charge is 0.395 e. The average Bonchev–Trinajstić information content (AvgIpc) is 3.06. The number of carbonyl (C=O) groups is 1. The molecule has 0 radical (unpaired) electrons. The summed E-state index contributed by atoms with van der Waals surface area (Å²) in [6, 6.07) is 0. The predicted molar refractivity (Wildman–Crippen MR) is 79.7 cm³/mol. The number of hydrogen-bond acceptors (Lipinski definition) is 8. The molecule has 0 amide bonds.